The number of thiocarbonyl (C=S) groups is 1. The highest BCUT2D eigenvalue weighted by Crippen LogP contribution is 2.29. The second-order valence-corrected chi connectivity index (χ2v) is 4.65. The molecule has 0 unspecified atom stereocenters. The van der Waals surface area contributed by atoms with Gasteiger partial charge in [-0.05, 0) is 36.5 Å². The van der Waals surface area contributed by atoms with Crippen molar-refractivity contribution in [3.63, 3.8) is 0 Å². The molecule has 2 N–H and O–H groups in total. The van der Waals surface area contributed by atoms with Crippen LogP contribution in [0.5, 0.6) is 0 Å². The van der Waals surface area contributed by atoms with Crippen molar-refractivity contribution in [1.29, 1.82) is 0 Å². The van der Waals surface area contributed by atoms with Gasteiger partial charge in [0.15, 0.2) is 5.11 Å². The van der Waals surface area contributed by atoms with Crippen LogP contribution in [-0.4, -0.2) is 36.4 Å². The molecule has 1 aromatic carbocycles. The maximum Gasteiger partial charge on any atom is 0.416 e. The average Bonchev–Trinajstić information content (AvgIpc) is 2.39. The van der Waals surface area contributed by atoms with Crippen LogP contribution in [0, 0.1) is 0 Å². The van der Waals surface area contributed by atoms with E-state index in [1.165, 1.54) is 12.1 Å². The van der Waals surface area contributed by atoms with Gasteiger partial charge in [-0.25, -0.2) is 5.01 Å². The van der Waals surface area contributed by atoms with E-state index in [9.17, 15) is 13.2 Å². The van der Waals surface area contributed by atoms with Gasteiger partial charge < -0.3 is 10.1 Å². The van der Waals surface area contributed by atoms with E-state index in [0.717, 1.165) is 12.1 Å². The lowest BCUT2D eigenvalue weighted by Gasteiger charge is -2.28. The molecule has 1 heterocycles. The molecule has 0 aromatic heterocycles. The number of rotatable bonds is 2. The van der Waals surface area contributed by atoms with Gasteiger partial charge in [0.2, 0.25) is 0 Å². The maximum atomic E-state index is 12.4. The fourth-order valence-electron chi connectivity index (χ4n) is 1.72. The minimum Gasteiger partial charge on any atom is -0.379 e. The molecular weight excluding hydrogens is 291 g/mol. The van der Waals surface area contributed by atoms with Crippen molar-refractivity contribution in [2.24, 2.45) is 0 Å². The van der Waals surface area contributed by atoms with Gasteiger partial charge in [0.05, 0.1) is 18.8 Å². The molecule has 0 radical (unpaired) electrons. The zero-order chi connectivity index (χ0) is 14.6. The first-order chi connectivity index (χ1) is 9.45. The molecular formula is C12H14F3N3OS. The summed E-state index contributed by atoms with van der Waals surface area (Å²) in [6, 6.07) is 4.71. The molecule has 0 atom stereocenters. The molecule has 2 rings (SSSR count). The van der Waals surface area contributed by atoms with Gasteiger partial charge in [-0.2, -0.15) is 13.2 Å². The van der Waals surface area contributed by atoms with E-state index in [0.29, 0.717) is 37.1 Å². The predicted octanol–water partition coefficient (Wildman–Crippen LogP) is 2.24. The van der Waals surface area contributed by atoms with Crippen LogP contribution < -0.4 is 10.7 Å². The number of hydrogen-bond donors (Lipinski definition) is 2. The number of ether oxygens (including phenoxy) is 1. The topological polar surface area (TPSA) is 36.5 Å². The van der Waals surface area contributed by atoms with Crippen LogP contribution >= 0.6 is 12.2 Å². The molecule has 0 aliphatic carbocycles. The second-order valence-electron chi connectivity index (χ2n) is 4.24. The minimum atomic E-state index is -4.33. The van der Waals surface area contributed by atoms with Gasteiger partial charge in [0.1, 0.15) is 0 Å². The Labute approximate surface area is 119 Å². The SMILES string of the molecule is FC(F)(F)c1ccc(NC(=S)NN2CCOCC2)cc1. The number of benzene rings is 1. The minimum absolute atomic E-state index is 0.339. The highest BCUT2D eigenvalue weighted by molar-refractivity contribution is 7.80. The molecule has 1 aromatic rings. The molecule has 1 fully saturated rings. The molecule has 1 aliphatic rings. The number of hydrogen-bond acceptors (Lipinski definition) is 3. The molecule has 20 heavy (non-hydrogen) atoms. The summed E-state index contributed by atoms with van der Waals surface area (Å²) in [4.78, 5) is 0. The van der Waals surface area contributed by atoms with Gasteiger partial charge in [0.25, 0.3) is 0 Å². The van der Waals surface area contributed by atoms with Crippen molar-refractivity contribution < 1.29 is 17.9 Å². The smallest absolute Gasteiger partial charge is 0.379 e. The normalized spacial score (nSPS) is 16.8. The highest BCUT2D eigenvalue weighted by atomic mass is 32.1. The summed E-state index contributed by atoms with van der Waals surface area (Å²) in [7, 11) is 0. The van der Waals surface area contributed by atoms with Crippen molar-refractivity contribution >= 4 is 23.0 Å². The predicted molar refractivity (Wildman–Crippen MR) is 73.2 cm³/mol. The van der Waals surface area contributed by atoms with Gasteiger partial charge >= 0.3 is 6.18 Å². The number of morpholine rings is 1. The van der Waals surface area contributed by atoms with Crippen LogP contribution in [0.3, 0.4) is 0 Å². The Morgan fingerprint density at radius 3 is 2.30 bits per heavy atom. The lowest BCUT2D eigenvalue weighted by Crippen LogP contribution is -2.49. The van der Waals surface area contributed by atoms with Crippen molar-refractivity contribution in [3.8, 4) is 0 Å². The van der Waals surface area contributed by atoms with E-state index in [1.807, 2.05) is 5.01 Å². The highest BCUT2D eigenvalue weighted by Gasteiger charge is 2.29. The van der Waals surface area contributed by atoms with Crippen molar-refractivity contribution in [2.75, 3.05) is 31.6 Å². The summed E-state index contributed by atoms with van der Waals surface area (Å²) < 4.78 is 42.4. The number of nitrogens with zero attached hydrogens (tertiary/aromatic N) is 1. The maximum absolute atomic E-state index is 12.4. The molecule has 110 valence electrons. The van der Waals surface area contributed by atoms with Crippen molar-refractivity contribution in [3.05, 3.63) is 29.8 Å². The largest absolute Gasteiger partial charge is 0.416 e. The number of alkyl halides is 3. The first kappa shape index (κ1) is 15.0. The molecule has 0 saturated carbocycles. The summed E-state index contributed by atoms with van der Waals surface area (Å²) in [6.45, 7) is 2.65. The van der Waals surface area contributed by atoms with Crippen LogP contribution in [-0.2, 0) is 10.9 Å². The summed E-state index contributed by atoms with van der Waals surface area (Å²) in [5, 5.41) is 5.07. The molecule has 0 amide bonds. The number of nitrogens with one attached hydrogen (secondary N) is 2. The van der Waals surface area contributed by atoms with E-state index >= 15 is 0 Å². The summed E-state index contributed by atoms with van der Waals surface area (Å²) in [6.07, 6.45) is -4.33. The molecule has 8 heteroatoms. The molecule has 0 spiro atoms. The third-order valence-corrected chi connectivity index (χ3v) is 2.93. The average molecular weight is 305 g/mol. The number of hydrazine groups is 1. The third kappa shape index (κ3) is 4.32. The molecule has 0 bridgehead atoms. The fourth-order valence-corrected chi connectivity index (χ4v) is 1.97. The van der Waals surface area contributed by atoms with Gasteiger partial charge in [-0.15, -0.1) is 0 Å². The van der Waals surface area contributed by atoms with E-state index in [2.05, 4.69) is 10.7 Å². The number of halogens is 3. The van der Waals surface area contributed by atoms with Crippen LogP contribution in [0.1, 0.15) is 5.56 Å². The first-order valence-electron chi connectivity index (χ1n) is 6.03. The lowest BCUT2D eigenvalue weighted by atomic mass is 10.2. The monoisotopic (exact) mass is 305 g/mol. The summed E-state index contributed by atoms with van der Waals surface area (Å²) in [5.41, 5.74) is 2.78. The van der Waals surface area contributed by atoms with Crippen molar-refractivity contribution in [2.45, 2.75) is 6.18 Å². The van der Waals surface area contributed by atoms with Gasteiger partial charge in [-0.3, -0.25) is 5.43 Å². The van der Waals surface area contributed by atoms with E-state index in [-0.39, 0.29) is 0 Å². The lowest BCUT2D eigenvalue weighted by molar-refractivity contribution is -0.137. The molecule has 1 saturated heterocycles. The third-order valence-electron chi connectivity index (χ3n) is 2.74. The quantitative estimate of drug-likeness (QED) is 0.820. The standard InChI is InChI=1S/C12H14F3N3OS/c13-12(14,15)9-1-3-10(4-2-9)16-11(20)17-18-5-7-19-8-6-18/h1-4H,5-8H2,(H2,16,17,20). The Bertz CT molecular complexity index is 458. The summed E-state index contributed by atoms with van der Waals surface area (Å²) in [5.74, 6) is 0. The van der Waals surface area contributed by atoms with Crippen LogP contribution in [0.2, 0.25) is 0 Å². The van der Waals surface area contributed by atoms with E-state index in [1.54, 1.807) is 0 Å². The summed E-state index contributed by atoms with van der Waals surface area (Å²) >= 11 is 5.10. The fraction of sp³-hybridized carbons (Fsp3) is 0.417. The Kier molecular flexibility index (Phi) is 4.79. The van der Waals surface area contributed by atoms with Gasteiger partial charge in [0, 0.05) is 18.8 Å². The zero-order valence-corrected chi connectivity index (χ0v) is 11.4. The van der Waals surface area contributed by atoms with E-state index < -0.39 is 11.7 Å². The van der Waals surface area contributed by atoms with Crippen LogP contribution in [0.15, 0.2) is 24.3 Å². The first-order valence-corrected chi connectivity index (χ1v) is 6.43. The molecule has 1 aliphatic heterocycles. The number of anilines is 1. The van der Waals surface area contributed by atoms with Crippen LogP contribution in [0.25, 0.3) is 0 Å². The van der Waals surface area contributed by atoms with E-state index in [4.69, 9.17) is 17.0 Å². The Morgan fingerprint density at radius 2 is 1.75 bits per heavy atom. The second kappa shape index (κ2) is 6.38. The molecule has 4 nitrogen and oxygen atoms in total. The van der Waals surface area contributed by atoms with Crippen LogP contribution in [0.4, 0.5) is 18.9 Å². The Hall–Kier alpha value is -1.38. The Morgan fingerprint density at radius 1 is 1.15 bits per heavy atom. The van der Waals surface area contributed by atoms with Gasteiger partial charge in [-0.1, -0.05) is 0 Å². The zero-order valence-electron chi connectivity index (χ0n) is 10.5. The Balaban J connectivity index is 1.87. The van der Waals surface area contributed by atoms with Crippen molar-refractivity contribution in [1.82, 2.24) is 10.4 Å².